The van der Waals surface area contributed by atoms with Gasteiger partial charge in [0.1, 0.15) is 5.82 Å². The first-order valence-electron chi connectivity index (χ1n) is 5.91. The Kier molecular flexibility index (Phi) is 2.48. The van der Waals surface area contributed by atoms with E-state index >= 15 is 0 Å². The van der Waals surface area contributed by atoms with Crippen LogP contribution >= 0.6 is 0 Å². The molecule has 0 radical (unpaired) electrons. The maximum absolute atomic E-state index is 5.54. The predicted molar refractivity (Wildman–Crippen MR) is 65.4 cm³/mol. The highest BCUT2D eigenvalue weighted by Gasteiger charge is 2.18. The molecule has 0 N–H and O–H groups in total. The number of aryl methyl sites for hydroxylation is 1. The molecule has 5 nitrogen and oxygen atoms in total. The minimum absolute atomic E-state index is 0.271. The van der Waals surface area contributed by atoms with E-state index in [1.807, 2.05) is 29.9 Å². The lowest BCUT2D eigenvalue weighted by Gasteiger charge is -2.31. The van der Waals surface area contributed by atoms with Gasteiger partial charge in [-0.05, 0) is 19.9 Å². The van der Waals surface area contributed by atoms with Crippen LogP contribution in [0.2, 0.25) is 0 Å². The molecule has 2 aromatic heterocycles. The highest BCUT2D eigenvalue weighted by molar-refractivity contribution is 5.52. The molecule has 17 heavy (non-hydrogen) atoms. The van der Waals surface area contributed by atoms with Crippen LogP contribution in [0.25, 0.3) is 5.65 Å². The van der Waals surface area contributed by atoms with Crippen molar-refractivity contribution >= 4 is 11.5 Å². The molecule has 3 heterocycles. The van der Waals surface area contributed by atoms with E-state index in [0.717, 1.165) is 36.7 Å². The van der Waals surface area contributed by atoms with Crippen molar-refractivity contribution in [2.24, 2.45) is 0 Å². The van der Waals surface area contributed by atoms with Crippen molar-refractivity contribution in [3.05, 3.63) is 24.0 Å². The number of fused-ring (bicyclic) bond motifs is 1. The lowest BCUT2D eigenvalue weighted by atomic mass is 10.3. The molecule has 0 saturated carbocycles. The first-order valence-corrected chi connectivity index (χ1v) is 5.91. The van der Waals surface area contributed by atoms with Crippen molar-refractivity contribution in [2.45, 2.75) is 20.0 Å². The van der Waals surface area contributed by atoms with Crippen LogP contribution in [0.1, 0.15) is 12.5 Å². The molecule has 1 aliphatic heterocycles. The summed E-state index contributed by atoms with van der Waals surface area (Å²) in [5, 5.41) is 4.23. The zero-order valence-corrected chi connectivity index (χ0v) is 10.1. The molecule has 0 spiro atoms. The van der Waals surface area contributed by atoms with E-state index in [1.165, 1.54) is 0 Å². The smallest absolute Gasteiger partial charge is 0.160 e. The minimum Gasteiger partial charge on any atom is -0.375 e. The third-order valence-corrected chi connectivity index (χ3v) is 3.10. The number of hydrogen-bond donors (Lipinski definition) is 0. The van der Waals surface area contributed by atoms with Crippen LogP contribution in [0.3, 0.4) is 0 Å². The number of nitrogens with zero attached hydrogens (tertiary/aromatic N) is 4. The lowest BCUT2D eigenvalue weighted by Crippen LogP contribution is -2.41. The number of aromatic nitrogens is 3. The molecule has 1 fully saturated rings. The fraction of sp³-hybridized carbons (Fsp3) is 0.500. The van der Waals surface area contributed by atoms with E-state index in [0.29, 0.717) is 0 Å². The van der Waals surface area contributed by atoms with Gasteiger partial charge in [0.25, 0.3) is 0 Å². The molecule has 3 rings (SSSR count). The summed E-state index contributed by atoms with van der Waals surface area (Å²) in [4.78, 5) is 6.93. The molecule has 5 heteroatoms. The molecule has 1 unspecified atom stereocenters. The summed E-state index contributed by atoms with van der Waals surface area (Å²) in [7, 11) is 0. The van der Waals surface area contributed by atoms with Crippen molar-refractivity contribution < 1.29 is 4.74 Å². The van der Waals surface area contributed by atoms with Crippen molar-refractivity contribution in [1.29, 1.82) is 0 Å². The second kappa shape index (κ2) is 4.00. The van der Waals surface area contributed by atoms with Crippen LogP contribution < -0.4 is 4.90 Å². The highest BCUT2D eigenvalue weighted by Crippen LogP contribution is 2.17. The number of anilines is 1. The van der Waals surface area contributed by atoms with Crippen LogP contribution in [0.15, 0.2) is 18.5 Å². The molecule has 0 bridgehead atoms. The second-order valence-corrected chi connectivity index (χ2v) is 4.51. The predicted octanol–water partition coefficient (Wildman–Crippen LogP) is 1.26. The Morgan fingerprint density at radius 2 is 2.35 bits per heavy atom. The van der Waals surface area contributed by atoms with Crippen molar-refractivity contribution in [3.8, 4) is 0 Å². The van der Waals surface area contributed by atoms with Gasteiger partial charge in [0.2, 0.25) is 0 Å². The van der Waals surface area contributed by atoms with E-state index in [9.17, 15) is 0 Å². The average molecular weight is 232 g/mol. The summed E-state index contributed by atoms with van der Waals surface area (Å²) < 4.78 is 7.35. The second-order valence-electron chi connectivity index (χ2n) is 4.51. The number of rotatable bonds is 1. The zero-order valence-electron chi connectivity index (χ0n) is 10.1. The Balaban J connectivity index is 1.96. The van der Waals surface area contributed by atoms with Gasteiger partial charge in [-0.2, -0.15) is 5.10 Å². The van der Waals surface area contributed by atoms with E-state index in [2.05, 4.69) is 21.9 Å². The summed E-state index contributed by atoms with van der Waals surface area (Å²) >= 11 is 0. The van der Waals surface area contributed by atoms with Crippen molar-refractivity contribution in [3.63, 3.8) is 0 Å². The summed E-state index contributed by atoms with van der Waals surface area (Å²) in [5.41, 5.74) is 2.04. The van der Waals surface area contributed by atoms with E-state index in [4.69, 9.17) is 4.74 Å². The molecule has 0 aliphatic carbocycles. The van der Waals surface area contributed by atoms with Gasteiger partial charge >= 0.3 is 0 Å². The zero-order chi connectivity index (χ0) is 11.8. The third kappa shape index (κ3) is 1.86. The Labute approximate surface area is 100 Å². The van der Waals surface area contributed by atoms with Gasteiger partial charge in [0, 0.05) is 24.8 Å². The van der Waals surface area contributed by atoms with E-state index < -0.39 is 0 Å². The maximum Gasteiger partial charge on any atom is 0.160 e. The fourth-order valence-corrected chi connectivity index (χ4v) is 2.18. The Morgan fingerprint density at radius 1 is 1.47 bits per heavy atom. The SMILES string of the molecule is Cc1cnn2ccc(N3CCOC(C)C3)nc12. The summed E-state index contributed by atoms with van der Waals surface area (Å²) in [5.74, 6) is 1.01. The number of morpholine rings is 1. The third-order valence-electron chi connectivity index (χ3n) is 3.10. The maximum atomic E-state index is 5.54. The van der Waals surface area contributed by atoms with Gasteiger partial charge in [0.05, 0.1) is 18.9 Å². The Hall–Kier alpha value is -1.62. The number of hydrogen-bond acceptors (Lipinski definition) is 4. The van der Waals surface area contributed by atoms with Gasteiger partial charge in [-0.1, -0.05) is 0 Å². The summed E-state index contributed by atoms with van der Waals surface area (Å²) in [6.45, 7) is 6.69. The fourth-order valence-electron chi connectivity index (χ4n) is 2.18. The van der Waals surface area contributed by atoms with Crippen molar-refractivity contribution in [2.75, 3.05) is 24.6 Å². The molecular formula is C12H16N4O. The van der Waals surface area contributed by atoms with Gasteiger partial charge in [-0.25, -0.2) is 9.50 Å². The van der Waals surface area contributed by atoms with Gasteiger partial charge in [0.15, 0.2) is 5.65 Å². The van der Waals surface area contributed by atoms with Crippen LogP contribution in [-0.4, -0.2) is 40.4 Å². The standard InChI is InChI=1S/C12H16N4O/c1-9-7-13-16-4-3-11(14-12(9)16)15-5-6-17-10(2)8-15/h3-4,7,10H,5-6,8H2,1-2H3. The molecule has 0 amide bonds. The van der Waals surface area contributed by atoms with Crippen LogP contribution in [0.5, 0.6) is 0 Å². The molecular weight excluding hydrogens is 216 g/mol. The molecule has 0 aromatic carbocycles. The monoisotopic (exact) mass is 232 g/mol. The quantitative estimate of drug-likeness (QED) is 0.742. The highest BCUT2D eigenvalue weighted by atomic mass is 16.5. The van der Waals surface area contributed by atoms with Crippen LogP contribution in [0.4, 0.5) is 5.82 Å². The van der Waals surface area contributed by atoms with Crippen LogP contribution in [-0.2, 0) is 4.74 Å². The van der Waals surface area contributed by atoms with Crippen LogP contribution in [0, 0.1) is 6.92 Å². The largest absolute Gasteiger partial charge is 0.375 e. The molecule has 1 aliphatic rings. The Morgan fingerprint density at radius 3 is 3.18 bits per heavy atom. The molecule has 2 aromatic rings. The van der Waals surface area contributed by atoms with Crippen molar-refractivity contribution in [1.82, 2.24) is 14.6 Å². The summed E-state index contributed by atoms with van der Waals surface area (Å²) in [6.07, 6.45) is 4.08. The van der Waals surface area contributed by atoms with Gasteiger partial charge < -0.3 is 9.64 Å². The van der Waals surface area contributed by atoms with E-state index in [-0.39, 0.29) is 6.10 Å². The molecule has 1 atom stereocenters. The normalized spacial score (nSPS) is 21.1. The van der Waals surface area contributed by atoms with E-state index in [1.54, 1.807) is 0 Å². The number of ether oxygens (including phenoxy) is 1. The van der Waals surface area contributed by atoms with Gasteiger partial charge in [-0.15, -0.1) is 0 Å². The average Bonchev–Trinajstić information content (AvgIpc) is 2.71. The Bertz CT molecular complexity index is 536. The van der Waals surface area contributed by atoms with Gasteiger partial charge in [-0.3, -0.25) is 0 Å². The first kappa shape index (κ1) is 10.5. The molecule has 1 saturated heterocycles. The first-order chi connectivity index (χ1) is 8.24. The summed E-state index contributed by atoms with van der Waals surface area (Å²) in [6, 6.07) is 2.01. The minimum atomic E-state index is 0.271. The topological polar surface area (TPSA) is 42.7 Å². The molecule has 90 valence electrons. The lowest BCUT2D eigenvalue weighted by molar-refractivity contribution is 0.0529.